The molecule has 11 heteroatoms. The second kappa shape index (κ2) is 1.73. The van der Waals surface area contributed by atoms with Crippen LogP contribution in [0.3, 0.4) is 0 Å². The zero-order valence-electron chi connectivity index (χ0n) is 4.37. The van der Waals surface area contributed by atoms with Crippen molar-refractivity contribution in [3.63, 3.8) is 0 Å². The molecule has 11 heavy (non-hydrogen) atoms. The van der Waals surface area contributed by atoms with Crippen molar-refractivity contribution < 1.29 is 64.5 Å². The SMILES string of the molecule is [Mn].[O]=[Ti]([F])([F])([F])([F])([O]F)[O]F. The third-order valence-corrected chi connectivity index (χ3v) is 1.48. The van der Waals surface area contributed by atoms with Crippen LogP contribution in [0, 0.1) is 0 Å². The van der Waals surface area contributed by atoms with Gasteiger partial charge in [0.15, 0.2) is 0 Å². The predicted octanol–water partition coefficient (Wildman–Crippen LogP) is 2.26. The summed E-state index contributed by atoms with van der Waals surface area (Å²) in [6.07, 6.45) is 0. The summed E-state index contributed by atoms with van der Waals surface area (Å²) in [4.78, 5) is 0. The van der Waals surface area contributed by atoms with Crippen LogP contribution < -0.4 is 0 Å². The zero-order valence-corrected chi connectivity index (χ0v) is 7.11. The van der Waals surface area contributed by atoms with Gasteiger partial charge in [-0.25, -0.2) is 0 Å². The Morgan fingerprint density at radius 3 is 1.09 bits per heavy atom. The minimum absolute atomic E-state index is 0. The maximum atomic E-state index is 11.0. The molecule has 0 aliphatic heterocycles. The zero-order chi connectivity index (χ0) is 8.79. The molecule has 0 amide bonds. The molecule has 0 N–H and O–H groups in total. The van der Waals surface area contributed by atoms with E-state index in [1.165, 1.54) is 0 Å². The fourth-order valence-electron chi connectivity index (χ4n) is 0.0119. The number of hydrogen-bond acceptors (Lipinski definition) is 3. The molecule has 0 saturated heterocycles. The van der Waals surface area contributed by atoms with E-state index in [0.29, 0.717) is 7.05 Å². The van der Waals surface area contributed by atoms with Crippen molar-refractivity contribution in [1.29, 1.82) is 0 Å². The summed E-state index contributed by atoms with van der Waals surface area (Å²) in [5, 5.41) is 0. The Labute approximate surface area is 64.8 Å². The summed E-state index contributed by atoms with van der Waals surface area (Å²) in [7, 11) is 0. The summed E-state index contributed by atoms with van der Waals surface area (Å²) in [6, 6.07) is 0. The fourth-order valence-corrected chi connectivity index (χ4v) is 0.0491. The summed E-state index contributed by atoms with van der Waals surface area (Å²) in [5.41, 5.74) is 0. The molecule has 0 aliphatic rings. The van der Waals surface area contributed by atoms with Gasteiger partial charge in [0.1, 0.15) is 0 Å². The van der Waals surface area contributed by atoms with E-state index in [1.54, 1.807) is 0 Å². The third kappa shape index (κ3) is 4.88. The standard InChI is InChI=1S/2FO.4FH.Mn.O.Ti/c2*1-2;;;;;;;/h;;4*1H;;;/q2*-1;;;;;;;+6/p-4. The molecule has 1 radical (unpaired) electrons. The van der Waals surface area contributed by atoms with Crippen LogP contribution in [0.15, 0.2) is 0 Å². The average molecular weight is 265 g/mol. The van der Waals surface area contributed by atoms with Crippen molar-refractivity contribution in [3.8, 4) is 0 Å². The van der Waals surface area contributed by atoms with Crippen molar-refractivity contribution >= 4 is 0 Å². The molecule has 0 atom stereocenters. The second-order valence-electron chi connectivity index (χ2n) is 1.76. The van der Waals surface area contributed by atoms with Crippen LogP contribution in [0.5, 0.6) is 0 Å². The van der Waals surface area contributed by atoms with Gasteiger partial charge >= 0.3 is 47.4 Å². The second-order valence-corrected chi connectivity index (χ2v) is 7.25. The minimum atomic E-state index is -12.4. The Hall–Kier alpha value is 0.534. The Balaban J connectivity index is 0. The Bertz CT molecular complexity index is 239. The molecular formula is F6MnO3Ti. The van der Waals surface area contributed by atoms with Gasteiger partial charge in [0, 0.05) is 17.1 Å². The first-order chi connectivity index (χ1) is 3.84. The van der Waals surface area contributed by atoms with Gasteiger partial charge in [-0.3, -0.25) is 0 Å². The molecule has 0 fully saturated rings. The Kier molecular flexibility index (Phi) is 2.21. The van der Waals surface area contributed by atoms with Crippen LogP contribution in [0.4, 0.5) is 21.4 Å². The normalized spacial score (nSPS) is 21.8. The van der Waals surface area contributed by atoms with E-state index >= 15 is 0 Å². The van der Waals surface area contributed by atoms with Gasteiger partial charge in [0.25, 0.3) is 0 Å². The average Bonchev–Trinajstić information content (AvgIpc) is 1.66. The Morgan fingerprint density at radius 2 is 1.09 bits per heavy atom. The fraction of sp³-hybridized carbons (Fsp3) is 0. The number of halogens is 6. The van der Waals surface area contributed by atoms with Crippen molar-refractivity contribution in [3.05, 3.63) is 0 Å². The van der Waals surface area contributed by atoms with E-state index in [1.807, 2.05) is 0 Å². The molecule has 3 nitrogen and oxygen atoms in total. The summed E-state index contributed by atoms with van der Waals surface area (Å²) >= 11 is -12.4. The van der Waals surface area contributed by atoms with Crippen molar-refractivity contribution in [2.24, 2.45) is 0 Å². The summed E-state index contributed by atoms with van der Waals surface area (Å²) < 4.78 is 74.7. The van der Waals surface area contributed by atoms with Crippen LogP contribution in [-0.4, -0.2) is 0 Å². The topological polar surface area (TPSA) is 35.5 Å². The van der Waals surface area contributed by atoms with Gasteiger partial charge in [0.2, 0.25) is 0 Å². The molecular weight excluding hydrogens is 265 g/mol. The molecule has 0 unspecified atom stereocenters. The molecule has 0 spiro atoms. The molecule has 0 aliphatic carbocycles. The number of hydrogen-bond donors (Lipinski definition) is 0. The first-order valence-corrected chi connectivity index (χ1v) is 5.95. The van der Waals surface area contributed by atoms with Crippen LogP contribution in [0.1, 0.15) is 0 Å². The van der Waals surface area contributed by atoms with Gasteiger partial charge in [-0.15, -0.1) is 0 Å². The van der Waals surface area contributed by atoms with E-state index < -0.39 is 15.6 Å². The Morgan fingerprint density at radius 1 is 0.909 bits per heavy atom. The molecule has 0 aromatic carbocycles. The van der Waals surface area contributed by atoms with Crippen molar-refractivity contribution in [1.82, 2.24) is 0 Å². The summed E-state index contributed by atoms with van der Waals surface area (Å²) in [5.74, 6) is 0. The van der Waals surface area contributed by atoms with Crippen LogP contribution in [0.2, 0.25) is 0 Å². The predicted molar refractivity (Wildman–Crippen MR) is 9.50 cm³/mol. The molecule has 0 aromatic heterocycles. The van der Waals surface area contributed by atoms with E-state index in [0.717, 1.165) is 0 Å². The quantitative estimate of drug-likeness (QED) is 0.567. The molecule has 0 aromatic rings. The number of rotatable bonds is 2. The monoisotopic (exact) mass is 265 g/mol. The van der Waals surface area contributed by atoms with Crippen molar-refractivity contribution in [2.75, 3.05) is 0 Å². The van der Waals surface area contributed by atoms with E-state index in [-0.39, 0.29) is 17.1 Å². The first-order valence-electron chi connectivity index (χ1n) is 1.68. The van der Waals surface area contributed by atoms with E-state index in [9.17, 15) is 21.4 Å². The van der Waals surface area contributed by atoms with E-state index in [4.69, 9.17) is 3.32 Å². The van der Waals surface area contributed by atoms with E-state index in [2.05, 4.69) is 0 Å². The van der Waals surface area contributed by atoms with Crippen LogP contribution >= 0.6 is 0 Å². The van der Waals surface area contributed by atoms with Gasteiger partial charge in [-0.1, -0.05) is 0 Å². The van der Waals surface area contributed by atoms with Gasteiger partial charge in [-0.05, 0) is 0 Å². The third-order valence-electron chi connectivity index (χ3n) is 0.359. The first kappa shape index (κ1) is 14.1. The van der Waals surface area contributed by atoms with Gasteiger partial charge in [-0.2, -0.15) is 0 Å². The van der Waals surface area contributed by atoms with Gasteiger partial charge < -0.3 is 0 Å². The molecule has 0 heterocycles. The van der Waals surface area contributed by atoms with Crippen molar-refractivity contribution in [2.45, 2.75) is 0 Å². The molecule has 0 rings (SSSR count). The molecule has 71 valence electrons. The maximum absolute atomic E-state index is 12.4. The van der Waals surface area contributed by atoms with Gasteiger partial charge in [0.05, 0.1) is 0 Å². The molecule has 0 saturated carbocycles. The van der Waals surface area contributed by atoms with Crippen LogP contribution in [-0.2, 0) is 43.1 Å². The summed E-state index contributed by atoms with van der Waals surface area (Å²) in [6.45, 7) is 0. The van der Waals surface area contributed by atoms with Crippen LogP contribution in [0.25, 0.3) is 0 Å². The molecule has 0 bridgehead atoms.